The Morgan fingerprint density at radius 2 is 2.36 bits per heavy atom. The highest BCUT2D eigenvalue weighted by molar-refractivity contribution is 5.72. The molecule has 1 atom stereocenters. The smallest absolute Gasteiger partial charge is 0.308 e. The lowest BCUT2D eigenvalue weighted by Crippen LogP contribution is -2.50. The average molecular weight is 157 g/mol. The monoisotopic (exact) mass is 157 g/mol. The van der Waals surface area contributed by atoms with Gasteiger partial charge in [-0.1, -0.05) is 0 Å². The maximum Gasteiger partial charge on any atom is 0.308 e. The lowest BCUT2D eigenvalue weighted by molar-refractivity contribution is -0.164. The van der Waals surface area contributed by atoms with Gasteiger partial charge in [-0.25, -0.2) is 0 Å². The first-order valence-electron chi connectivity index (χ1n) is 3.76. The molecule has 0 aromatic carbocycles. The molecule has 0 unspecified atom stereocenters. The van der Waals surface area contributed by atoms with Crippen LogP contribution in [0.4, 0.5) is 0 Å². The Morgan fingerprint density at radius 3 is 2.73 bits per heavy atom. The molecular formula is C7H11NO3. The average Bonchev–Trinajstić information content (AvgIpc) is 2.27. The van der Waals surface area contributed by atoms with Gasteiger partial charge >= 0.3 is 5.97 Å². The van der Waals surface area contributed by atoms with Crippen LogP contribution in [-0.2, 0) is 9.53 Å². The topological polar surface area (TPSA) is 58.6 Å². The van der Waals surface area contributed by atoms with E-state index in [9.17, 15) is 4.79 Å². The summed E-state index contributed by atoms with van der Waals surface area (Å²) in [5.74, 6) is -0.936. The van der Waals surface area contributed by atoms with Crippen LogP contribution in [0.15, 0.2) is 0 Å². The highest BCUT2D eigenvalue weighted by atomic mass is 16.5. The largest absolute Gasteiger partial charge is 0.481 e. The van der Waals surface area contributed by atoms with Gasteiger partial charge in [0, 0.05) is 18.5 Å². The van der Waals surface area contributed by atoms with Gasteiger partial charge in [0.1, 0.15) is 0 Å². The zero-order valence-electron chi connectivity index (χ0n) is 6.17. The molecule has 0 radical (unpaired) electrons. The van der Waals surface area contributed by atoms with E-state index < -0.39 is 5.97 Å². The third kappa shape index (κ3) is 0.862. The Hall–Kier alpha value is -0.610. The third-order valence-corrected chi connectivity index (χ3v) is 2.64. The second-order valence-corrected chi connectivity index (χ2v) is 3.38. The standard InChI is InChI=1S/C7H11NO3/c9-6(10)5-1-8-2-7(5)3-11-4-7/h5,8H,1-4H2,(H,9,10)/t5-/m0/s1. The molecule has 2 N–H and O–H groups in total. The Balaban J connectivity index is 2.13. The fraction of sp³-hybridized carbons (Fsp3) is 0.857. The Kier molecular flexibility index (Phi) is 1.40. The Morgan fingerprint density at radius 1 is 1.64 bits per heavy atom. The number of carboxylic acids is 1. The van der Waals surface area contributed by atoms with E-state index in [-0.39, 0.29) is 11.3 Å². The molecule has 4 heteroatoms. The van der Waals surface area contributed by atoms with Crippen LogP contribution < -0.4 is 5.32 Å². The second kappa shape index (κ2) is 2.19. The molecule has 62 valence electrons. The quantitative estimate of drug-likeness (QED) is 0.529. The fourth-order valence-electron chi connectivity index (χ4n) is 1.82. The molecule has 2 rings (SSSR count). The van der Waals surface area contributed by atoms with Crippen LogP contribution in [-0.4, -0.2) is 37.4 Å². The van der Waals surface area contributed by atoms with Crippen molar-refractivity contribution >= 4 is 5.97 Å². The van der Waals surface area contributed by atoms with Crippen molar-refractivity contribution in [2.75, 3.05) is 26.3 Å². The number of hydrogen-bond donors (Lipinski definition) is 2. The van der Waals surface area contributed by atoms with Gasteiger partial charge in [-0.05, 0) is 0 Å². The van der Waals surface area contributed by atoms with Crippen LogP contribution in [0.5, 0.6) is 0 Å². The molecule has 2 aliphatic heterocycles. The number of rotatable bonds is 1. The highest BCUT2D eigenvalue weighted by Gasteiger charge is 2.52. The summed E-state index contributed by atoms with van der Waals surface area (Å²) in [6.07, 6.45) is 0. The van der Waals surface area contributed by atoms with Crippen LogP contribution in [0.25, 0.3) is 0 Å². The van der Waals surface area contributed by atoms with E-state index in [0.29, 0.717) is 19.8 Å². The van der Waals surface area contributed by atoms with Crippen molar-refractivity contribution in [2.45, 2.75) is 0 Å². The third-order valence-electron chi connectivity index (χ3n) is 2.64. The lowest BCUT2D eigenvalue weighted by Gasteiger charge is -2.40. The number of nitrogens with one attached hydrogen (secondary N) is 1. The minimum absolute atomic E-state index is 0.0775. The van der Waals surface area contributed by atoms with Gasteiger partial charge in [0.15, 0.2) is 0 Å². The summed E-state index contributed by atoms with van der Waals surface area (Å²) in [5.41, 5.74) is -0.0775. The number of ether oxygens (including phenoxy) is 1. The number of carbonyl (C=O) groups is 1. The lowest BCUT2D eigenvalue weighted by atomic mass is 9.76. The van der Waals surface area contributed by atoms with Crippen LogP contribution in [0, 0.1) is 11.3 Å². The molecule has 2 saturated heterocycles. The number of carboxylic acid groups (broad SMARTS) is 1. The summed E-state index contributed by atoms with van der Waals surface area (Å²) < 4.78 is 5.04. The van der Waals surface area contributed by atoms with Crippen molar-refractivity contribution in [3.63, 3.8) is 0 Å². The predicted molar refractivity (Wildman–Crippen MR) is 37.2 cm³/mol. The molecule has 2 heterocycles. The SMILES string of the molecule is O=C(O)[C@@H]1CNCC12COC2. The molecule has 0 aromatic rings. The normalized spacial score (nSPS) is 33.6. The van der Waals surface area contributed by atoms with Gasteiger partial charge in [-0.3, -0.25) is 4.79 Å². The van der Waals surface area contributed by atoms with E-state index in [1.165, 1.54) is 0 Å². The Bertz CT molecular complexity index is 188. The molecule has 0 amide bonds. The molecule has 11 heavy (non-hydrogen) atoms. The molecule has 4 nitrogen and oxygen atoms in total. The van der Waals surface area contributed by atoms with Crippen molar-refractivity contribution in [2.24, 2.45) is 11.3 Å². The van der Waals surface area contributed by atoms with Gasteiger partial charge in [0.2, 0.25) is 0 Å². The predicted octanol–water partition coefficient (Wildman–Crippen LogP) is -0.693. The van der Waals surface area contributed by atoms with E-state index in [1.54, 1.807) is 0 Å². The van der Waals surface area contributed by atoms with Crippen molar-refractivity contribution in [3.8, 4) is 0 Å². The van der Waals surface area contributed by atoms with Gasteiger partial charge < -0.3 is 15.2 Å². The first kappa shape index (κ1) is 7.06. The molecule has 0 bridgehead atoms. The summed E-state index contributed by atoms with van der Waals surface area (Å²) in [7, 11) is 0. The molecule has 1 spiro atoms. The van der Waals surface area contributed by atoms with E-state index >= 15 is 0 Å². The number of aliphatic carboxylic acids is 1. The van der Waals surface area contributed by atoms with E-state index in [1.807, 2.05) is 0 Å². The molecule has 2 aliphatic rings. The molecule has 0 aliphatic carbocycles. The fourth-order valence-corrected chi connectivity index (χ4v) is 1.82. The zero-order valence-corrected chi connectivity index (χ0v) is 6.17. The second-order valence-electron chi connectivity index (χ2n) is 3.38. The van der Waals surface area contributed by atoms with E-state index in [2.05, 4.69) is 5.32 Å². The summed E-state index contributed by atoms with van der Waals surface area (Å²) in [4.78, 5) is 10.7. The van der Waals surface area contributed by atoms with E-state index in [4.69, 9.17) is 9.84 Å². The molecule has 0 aromatic heterocycles. The first-order chi connectivity index (χ1) is 5.25. The van der Waals surface area contributed by atoms with Crippen molar-refractivity contribution < 1.29 is 14.6 Å². The molecular weight excluding hydrogens is 146 g/mol. The number of hydrogen-bond acceptors (Lipinski definition) is 3. The van der Waals surface area contributed by atoms with Gasteiger partial charge in [-0.2, -0.15) is 0 Å². The zero-order chi connectivity index (χ0) is 7.90. The highest BCUT2D eigenvalue weighted by Crippen LogP contribution is 2.38. The van der Waals surface area contributed by atoms with E-state index in [0.717, 1.165) is 6.54 Å². The summed E-state index contributed by atoms with van der Waals surface area (Å²) in [5, 5.41) is 11.9. The molecule has 0 saturated carbocycles. The van der Waals surface area contributed by atoms with Crippen LogP contribution in [0.1, 0.15) is 0 Å². The summed E-state index contributed by atoms with van der Waals surface area (Å²) in [6, 6.07) is 0. The van der Waals surface area contributed by atoms with Crippen LogP contribution >= 0.6 is 0 Å². The van der Waals surface area contributed by atoms with Gasteiger partial charge in [0.25, 0.3) is 0 Å². The van der Waals surface area contributed by atoms with Crippen LogP contribution in [0.2, 0.25) is 0 Å². The Labute approximate surface area is 64.5 Å². The van der Waals surface area contributed by atoms with Crippen LogP contribution in [0.3, 0.4) is 0 Å². The van der Waals surface area contributed by atoms with Crippen molar-refractivity contribution in [1.29, 1.82) is 0 Å². The minimum Gasteiger partial charge on any atom is -0.481 e. The summed E-state index contributed by atoms with van der Waals surface area (Å²) in [6.45, 7) is 2.61. The minimum atomic E-state index is -0.696. The maximum absolute atomic E-state index is 10.7. The maximum atomic E-state index is 10.7. The summed E-state index contributed by atoms with van der Waals surface area (Å²) >= 11 is 0. The molecule has 2 fully saturated rings. The first-order valence-corrected chi connectivity index (χ1v) is 3.76. The van der Waals surface area contributed by atoms with Gasteiger partial charge in [-0.15, -0.1) is 0 Å². The van der Waals surface area contributed by atoms with Crippen molar-refractivity contribution in [3.05, 3.63) is 0 Å². The van der Waals surface area contributed by atoms with Gasteiger partial charge in [0.05, 0.1) is 19.1 Å². The van der Waals surface area contributed by atoms with Crippen molar-refractivity contribution in [1.82, 2.24) is 5.32 Å².